The minimum Gasteiger partial charge on any atom is -0.347 e. The summed E-state index contributed by atoms with van der Waals surface area (Å²) in [4.78, 5) is 24.0. The molecule has 2 fully saturated rings. The fraction of sp³-hybridized carbons (Fsp3) is 0.579. The van der Waals surface area contributed by atoms with Crippen LogP contribution in [0.1, 0.15) is 50.6 Å². The molecule has 2 amide bonds. The molecule has 136 valence electrons. The van der Waals surface area contributed by atoms with Gasteiger partial charge in [-0.05, 0) is 25.3 Å². The van der Waals surface area contributed by atoms with E-state index in [1.165, 1.54) is 6.42 Å². The van der Waals surface area contributed by atoms with E-state index in [0.717, 1.165) is 31.2 Å². The Kier molecular flexibility index (Phi) is 5.71. The standard InChI is InChI=1S/C19H26N2O4/c1-14(15-8-4-2-5-9-15)21-18(23)17(22)20-12-16-13-24-19(25-16)10-6-3-7-11-19/h2,4-5,8-9,14,16H,3,6-7,10-13H2,1H3,(H,20,22)(H,21,23)/t14-,16-/m1/s1. The molecule has 2 aliphatic rings. The maximum atomic E-state index is 12.0. The average Bonchev–Trinajstić information content (AvgIpc) is 3.03. The first-order valence-corrected chi connectivity index (χ1v) is 9.03. The highest BCUT2D eigenvalue weighted by Gasteiger charge is 2.42. The average molecular weight is 346 g/mol. The number of carbonyl (C=O) groups is 2. The molecule has 2 atom stereocenters. The third-order valence-electron chi connectivity index (χ3n) is 4.87. The zero-order chi connectivity index (χ0) is 17.7. The monoisotopic (exact) mass is 346 g/mol. The van der Waals surface area contributed by atoms with Gasteiger partial charge in [0.05, 0.1) is 12.6 Å². The molecule has 0 bridgehead atoms. The second-order valence-corrected chi connectivity index (χ2v) is 6.84. The number of ether oxygens (including phenoxy) is 2. The van der Waals surface area contributed by atoms with Crippen LogP contribution in [0.2, 0.25) is 0 Å². The van der Waals surface area contributed by atoms with E-state index < -0.39 is 17.6 Å². The first-order valence-electron chi connectivity index (χ1n) is 9.03. The van der Waals surface area contributed by atoms with Gasteiger partial charge in [0, 0.05) is 19.4 Å². The lowest BCUT2D eigenvalue weighted by molar-refractivity contribution is -0.186. The second kappa shape index (κ2) is 7.97. The highest BCUT2D eigenvalue weighted by atomic mass is 16.7. The third kappa shape index (κ3) is 4.58. The molecule has 1 saturated carbocycles. The molecule has 1 saturated heterocycles. The van der Waals surface area contributed by atoms with Crippen molar-refractivity contribution in [2.45, 2.75) is 57.0 Å². The van der Waals surface area contributed by atoms with Crippen LogP contribution >= 0.6 is 0 Å². The van der Waals surface area contributed by atoms with Crippen LogP contribution in [-0.2, 0) is 19.1 Å². The van der Waals surface area contributed by atoms with Crippen molar-refractivity contribution in [1.82, 2.24) is 10.6 Å². The number of benzene rings is 1. The molecule has 3 rings (SSSR count). The molecule has 1 spiro atoms. The van der Waals surface area contributed by atoms with Crippen molar-refractivity contribution in [3.63, 3.8) is 0 Å². The summed E-state index contributed by atoms with van der Waals surface area (Å²) in [6.07, 6.45) is 5.06. The van der Waals surface area contributed by atoms with Crippen LogP contribution in [0.5, 0.6) is 0 Å². The molecule has 6 heteroatoms. The van der Waals surface area contributed by atoms with E-state index in [2.05, 4.69) is 10.6 Å². The lowest BCUT2D eigenvalue weighted by atomic mass is 9.94. The molecule has 2 N–H and O–H groups in total. The molecule has 6 nitrogen and oxygen atoms in total. The van der Waals surface area contributed by atoms with Gasteiger partial charge in [0.25, 0.3) is 0 Å². The number of carbonyl (C=O) groups excluding carboxylic acids is 2. The molecule has 0 unspecified atom stereocenters. The van der Waals surface area contributed by atoms with Crippen LogP contribution in [0.3, 0.4) is 0 Å². The molecule has 0 aromatic heterocycles. The van der Waals surface area contributed by atoms with Crippen LogP contribution < -0.4 is 10.6 Å². The maximum absolute atomic E-state index is 12.0. The molecular formula is C19H26N2O4. The van der Waals surface area contributed by atoms with Gasteiger partial charge in [-0.3, -0.25) is 9.59 Å². The molecule has 1 aromatic rings. The molecule has 1 heterocycles. The summed E-state index contributed by atoms with van der Waals surface area (Å²) in [5.41, 5.74) is 0.954. The van der Waals surface area contributed by atoms with Gasteiger partial charge in [-0.15, -0.1) is 0 Å². The Morgan fingerprint density at radius 1 is 1.16 bits per heavy atom. The van der Waals surface area contributed by atoms with Gasteiger partial charge in [-0.2, -0.15) is 0 Å². The van der Waals surface area contributed by atoms with Crippen LogP contribution in [0.15, 0.2) is 30.3 Å². The van der Waals surface area contributed by atoms with Crippen molar-refractivity contribution in [1.29, 1.82) is 0 Å². The van der Waals surface area contributed by atoms with Crippen LogP contribution in [0, 0.1) is 0 Å². The summed E-state index contributed by atoms with van der Waals surface area (Å²) >= 11 is 0. The molecular weight excluding hydrogens is 320 g/mol. The van der Waals surface area contributed by atoms with Gasteiger partial charge in [-0.1, -0.05) is 36.8 Å². The fourth-order valence-corrected chi connectivity index (χ4v) is 3.44. The quantitative estimate of drug-likeness (QED) is 0.818. The molecule has 1 aliphatic carbocycles. The SMILES string of the molecule is C[C@@H](NC(=O)C(=O)NC[C@@H]1COC2(CCCCC2)O1)c1ccccc1. The maximum Gasteiger partial charge on any atom is 0.309 e. The van der Waals surface area contributed by atoms with Crippen LogP contribution in [-0.4, -0.2) is 36.9 Å². The van der Waals surface area contributed by atoms with E-state index in [1.54, 1.807) is 0 Å². The van der Waals surface area contributed by atoms with Crippen molar-refractivity contribution >= 4 is 11.8 Å². The van der Waals surface area contributed by atoms with Crippen molar-refractivity contribution < 1.29 is 19.1 Å². The third-order valence-corrected chi connectivity index (χ3v) is 4.87. The predicted octanol–water partition coefficient (Wildman–Crippen LogP) is 2.06. The summed E-state index contributed by atoms with van der Waals surface area (Å²) in [7, 11) is 0. The Bertz CT molecular complexity index is 599. The Labute approximate surface area is 148 Å². The largest absolute Gasteiger partial charge is 0.347 e. The number of rotatable bonds is 4. The Morgan fingerprint density at radius 2 is 1.88 bits per heavy atom. The van der Waals surface area contributed by atoms with E-state index in [4.69, 9.17) is 9.47 Å². The molecule has 1 aromatic carbocycles. The van der Waals surface area contributed by atoms with Crippen LogP contribution in [0.25, 0.3) is 0 Å². The topological polar surface area (TPSA) is 76.7 Å². The van der Waals surface area contributed by atoms with Gasteiger partial charge in [0.1, 0.15) is 6.10 Å². The molecule has 25 heavy (non-hydrogen) atoms. The van der Waals surface area contributed by atoms with Crippen molar-refractivity contribution in [2.24, 2.45) is 0 Å². The summed E-state index contributed by atoms with van der Waals surface area (Å²) in [5.74, 6) is -1.74. The first kappa shape index (κ1) is 17.9. The summed E-state index contributed by atoms with van der Waals surface area (Å²) < 4.78 is 11.8. The van der Waals surface area contributed by atoms with E-state index >= 15 is 0 Å². The number of hydrogen-bond acceptors (Lipinski definition) is 4. The van der Waals surface area contributed by atoms with E-state index in [0.29, 0.717) is 6.61 Å². The minimum absolute atomic E-state index is 0.193. The van der Waals surface area contributed by atoms with E-state index in [1.807, 2.05) is 37.3 Å². The van der Waals surface area contributed by atoms with E-state index in [-0.39, 0.29) is 18.7 Å². The highest BCUT2D eigenvalue weighted by molar-refractivity contribution is 6.35. The van der Waals surface area contributed by atoms with Crippen molar-refractivity contribution in [2.75, 3.05) is 13.2 Å². The summed E-state index contributed by atoms with van der Waals surface area (Å²) in [6.45, 7) is 2.59. The van der Waals surface area contributed by atoms with Crippen molar-refractivity contribution in [3.05, 3.63) is 35.9 Å². The zero-order valence-corrected chi connectivity index (χ0v) is 14.6. The Morgan fingerprint density at radius 3 is 2.60 bits per heavy atom. The van der Waals surface area contributed by atoms with Gasteiger partial charge in [-0.25, -0.2) is 0 Å². The van der Waals surface area contributed by atoms with Crippen molar-refractivity contribution in [3.8, 4) is 0 Å². The smallest absolute Gasteiger partial charge is 0.309 e. The normalized spacial score (nSPS) is 23.2. The zero-order valence-electron chi connectivity index (χ0n) is 14.6. The lowest BCUT2D eigenvalue weighted by Gasteiger charge is -2.31. The minimum atomic E-state index is -0.643. The Balaban J connectivity index is 1.42. The summed E-state index contributed by atoms with van der Waals surface area (Å²) in [6, 6.07) is 9.31. The molecule has 1 aliphatic heterocycles. The lowest BCUT2D eigenvalue weighted by Crippen LogP contribution is -2.44. The second-order valence-electron chi connectivity index (χ2n) is 6.84. The first-order chi connectivity index (χ1) is 12.1. The van der Waals surface area contributed by atoms with E-state index in [9.17, 15) is 9.59 Å². The predicted molar refractivity (Wildman–Crippen MR) is 92.7 cm³/mol. The number of amides is 2. The fourth-order valence-electron chi connectivity index (χ4n) is 3.44. The summed E-state index contributed by atoms with van der Waals surface area (Å²) in [5, 5.41) is 5.35. The van der Waals surface area contributed by atoms with Gasteiger partial charge in [0.2, 0.25) is 0 Å². The highest BCUT2D eigenvalue weighted by Crippen LogP contribution is 2.37. The van der Waals surface area contributed by atoms with Gasteiger partial charge in [0.15, 0.2) is 5.79 Å². The van der Waals surface area contributed by atoms with Crippen LogP contribution in [0.4, 0.5) is 0 Å². The van der Waals surface area contributed by atoms with Gasteiger partial charge >= 0.3 is 11.8 Å². The number of nitrogens with one attached hydrogen (secondary N) is 2. The Hall–Kier alpha value is -1.92. The number of hydrogen-bond donors (Lipinski definition) is 2. The van der Waals surface area contributed by atoms with Gasteiger partial charge < -0.3 is 20.1 Å². The molecule has 0 radical (unpaired) electrons.